The van der Waals surface area contributed by atoms with Crippen molar-refractivity contribution in [3.8, 4) is 11.3 Å². The summed E-state index contributed by atoms with van der Waals surface area (Å²) in [6.45, 7) is 1.67. The summed E-state index contributed by atoms with van der Waals surface area (Å²) in [5.41, 5.74) is 1.19. The van der Waals surface area contributed by atoms with Gasteiger partial charge >= 0.3 is 12.0 Å². The molecule has 0 aliphatic carbocycles. The second-order valence-corrected chi connectivity index (χ2v) is 6.82. The van der Waals surface area contributed by atoms with Crippen LogP contribution in [0.3, 0.4) is 0 Å². The topological polar surface area (TPSA) is 130 Å². The summed E-state index contributed by atoms with van der Waals surface area (Å²) in [5.74, 6) is -1.74. The number of furan rings is 2. The van der Waals surface area contributed by atoms with Gasteiger partial charge in [0.1, 0.15) is 22.9 Å². The van der Waals surface area contributed by atoms with Gasteiger partial charge in [0.15, 0.2) is 0 Å². The Hall–Kier alpha value is -4.40. The summed E-state index contributed by atoms with van der Waals surface area (Å²) in [6.07, 6.45) is 2.65. The van der Waals surface area contributed by atoms with Gasteiger partial charge < -0.3 is 13.9 Å². The first-order valence-electron chi connectivity index (χ1n) is 9.19. The van der Waals surface area contributed by atoms with Gasteiger partial charge in [-0.25, -0.2) is 9.59 Å². The van der Waals surface area contributed by atoms with Crippen LogP contribution in [0.4, 0.5) is 4.79 Å². The standard InChI is InChI=1S/C22H16N2O7/c1-12-4-5-13(21(27)28)9-16(12)18-7-6-14(31-18)10-17-19(25)23-22(29)24(20(17)26)11-15-3-2-8-30-15/h2-10H,11H2,1H3,(H,27,28)(H,23,25,29)/b17-10-. The van der Waals surface area contributed by atoms with Gasteiger partial charge in [-0.05, 0) is 55.0 Å². The van der Waals surface area contributed by atoms with Gasteiger partial charge in [-0.15, -0.1) is 0 Å². The van der Waals surface area contributed by atoms with E-state index >= 15 is 0 Å². The number of imide groups is 2. The number of carboxylic acid groups (broad SMARTS) is 1. The van der Waals surface area contributed by atoms with Crippen molar-refractivity contribution >= 4 is 29.9 Å². The number of carboxylic acids is 1. The lowest BCUT2D eigenvalue weighted by Crippen LogP contribution is -2.53. The molecule has 9 nitrogen and oxygen atoms in total. The number of nitrogens with one attached hydrogen (secondary N) is 1. The number of aromatic carboxylic acids is 1. The molecule has 0 radical (unpaired) electrons. The summed E-state index contributed by atoms with van der Waals surface area (Å²) in [4.78, 5) is 49.2. The molecule has 1 aliphatic rings. The predicted molar refractivity (Wildman–Crippen MR) is 107 cm³/mol. The smallest absolute Gasteiger partial charge is 0.335 e. The van der Waals surface area contributed by atoms with Crippen LogP contribution in [0.5, 0.6) is 0 Å². The number of amides is 4. The number of barbiturate groups is 1. The van der Waals surface area contributed by atoms with E-state index in [2.05, 4.69) is 5.32 Å². The Kier molecular flexibility index (Phi) is 5.00. The SMILES string of the molecule is Cc1ccc(C(=O)O)cc1-c1ccc(/C=C2/C(=O)NC(=O)N(Cc3ccco3)C2=O)o1. The highest BCUT2D eigenvalue weighted by atomic mass is 16.4. The fourth-order valence-electron chi connectivity index (χ4n) is 3.13. The summed E-state index contributed by atoms with van der Waals surface area (Å²) in [6, 6.07) is 10.2. The van der Waals surface area contributed by atoms with Crippen molar-refractivity contribution < 1.29 is 33.1 Å². The van der Waals surface area contributed by atoms with Gasteiger partial charge in [-0.1, -0.05) is 6.07 Å². The van der Waals surface area contributed by atoms with Crippen LogP contribution in [0.2, 0.25) is 0 Å². The molecule has 2 aromatic heterocycles. The van der Waals surface area contributed by atoms with Gasteiger partial charge in [0, 0.05) is 5.56 Å². The fourth-order valence-corrected chi connectivity index (χ4v) is 3.13. The van der Waals surface area contributed by atoms with Crippen molar-refractivity contribution in [1.29, 1.82) is 0 Å². The molecule has 1 aromatic carbocycles. The predicted octanol–water partition coefficient (Wildman–Crippen LogP) is 3.21. The van der Waals surface area contributed by atoms with Gasteiger partial charge in [0.05, 0.1) is 18.4 Å². The van der Waals surface area contributed by atoms with E-state index in [1.54, 1.807) is 37.3 Å². The fraction of sp³-hybridized carbons (Fsp3) is 0.0909. The lowest BCUT2D eigenvalue weighted by Gasteiger charge is -2.25. The minimum atomic E-state index is -1.07. The normalized spacial score (nSPS) is 15.5. The number of carbonyl (C=O) groups is 4. The molecule has 1 fully saturated rings. The van der Waals surface area contributed by atoms with Crippen molar-refractivity contribution in [1.82, 2.24) is 10.2 Å². The molecule has 156 valence electrons. The van der Waals surface area contributed by atoms with Gasteiger partial charge in [-0.3, -0.25) is 19.8 Å². The molecule has 31 heavy (non-hydrogen) atoms. The van der Waals surface area contributed by atoms with Crippen LogP contribution >= 0.6 is 0 Å². The molecule has 4 amide bonds. The van der Waals surface area contributed by atoms with Crippen molar-refractivity contribution in [3.05, 3.63) is 76.9 Å². The van der Waals surface area contributed by atoms with Gasteiger partial charge in [0.2, 0.25) is 0 Å². The number of hydrogen-bond donors (Lipinski definition) is 2. The third-order valence-electron chi connectivity index (χ3n) is 4.74. The highest BCUT2D eigenvalue weighted by Gasteiger charge is 2.36. The molecule has 4 rings (SSSR count). The minimum absolute atomic E-state index is 0.103. The molecule has 3 aromatic rings. The van der Waals surface area contributed by atoms with E-state index in [1.807, 2.05) is 0 Å². The van der Waals surface area contributed by atoms with E-state index in [0.29, 0.717) is 17.1 Å². The largest absolute Gasteiger partial charge is 0.478 e. The number of benzene rings is 1. The number of carbonyl (C=O) groups excluding carboxylic acids is 3. The quantitative estimate of drug-likeness (QED) is 0.479. The van der Waals surface area contributed by atoms with Crippen LogP contribution in [-0.4, -0.2) is 33.8 Å². The molecule has 0 bridgehead atoms. The first-order chi connectivity index (χ1) is 14.8. The molecule has 0 unspecified atom stereocenters. The third-order valence-corrected chi connectivity index (χ3v) is 4.74. The van der Waals surface area contributed by atoms with Crippen molar-refractivity contribution in [2.24, 2.45) is 0 Å². The second kappa shape index (κ2) is 7.79. The number of urea groups is 1. The molecule has 0 saturated carbocycles. The molecule has 1 aliphatic heterocycles. The molecular weight excluding hydrogens is 404 g/mol. The maximum Gasteiger partial charge on any atom is 0.335 e. The molecule has 9 heteroatoms. The number of rotatable bonds is 5. The Bertz CT molecular complexity index is 1230. The lowest BCUT2D eigenvalue weighted by molar-refractivity contribution is -0.130. The first kappa shape index (κ1) is 19.9. The second-order valence-electron chi connectivity index (χ2n) is 6.82. The third kappa shape index (κ3) is 3.88. The van der Waals surface area contributed by atoms with Crippen LogP contribution in [0.25, 0.3) is 17.4 Å². The van der Waals surface area contributed by atoms with E-state index in [9.17, 15) is 24.3 Å². The zero-order valence-electron chi connectivity index (χ0n) is 16.2. The van der Waals surface area contributed by atoms with Crippen molar-refractivity contribution in [2.45, 2.75) is 13.5 Å². The highest BCUT2D eigenvalue weighted by Crippen LogP contribution is 2.28. The Morgan fingerprint density at radius 2 is 1.97 bits per heavy atom. The molecular formula is C22H16N2O7. The maximum absolute atomic E-state index is 12.8. The number of hydrogen-bond acceptors (Lipinski definition) is 6. The van der Waals surface area contributed by atoms with Crippen LogP contribution in [0.15, 0.2) is 63.1 Å². The molecule has 0 spiro atoms. The van der Waals surface area contributed by atoms with Gasteiger partial charge in [-0.2, -0.15) is 0 Å². The van der Waals surface area contributed by atoms with Crippen LogP contribution in [-0.2, 0) is 16.1 Å². The first-order valence-corrected chi connectivity index (χ1v) is 9.19. The number of aryl methyl sites for hydroxylation is 1. The molecule has 3 heterocycles. The van der Waals surface area contributed by atoms with E-state index in [-0.39, 0.29) is 23.4 Å². The van der Waals surface area contributed by atoms with E-state index in [1.165, 1.54) is 24.5 Å². The average Bonchev–Trinajstić information content (AvgIpc) is 3.40. The van der Waals surface area contributed by atoms with Crippen LogP contribution < -0.4 is 5.32 Å². The Labute approximate surface area is 175 Å². The Balaban J connectivity index is 1.64. The zero-order valence-corrected chi connectivity index (χ0v) is 16.2. The summed E-state index contributed by atoms with van der Waals surface area (Å²) >= 11 is 0. The van der Waals surface area contributed by atoms with E-state index < -0.39 is 23.8 Å². The Morgan fingerprint density at radius 1 is 1.16 bits per heavy atom. The maximum atomic E-state index is 12.8. The van der Waals surface area contributed by atoms with Crippen molar-refractivity contribution in [2.75, 3.05) is 0 Å². The molecule has 2 N–H and O–H groups in total. The summed E-state index contributed by atoms with van der Waals surface area (Å²) in [5, 5.41) is 11.3. The zero-order chi connectivity index (χ0) is 22.1. The van der Waals surface area contributed by atoms with Crippen molar-refractivity contribution in [3.63, 3.8) is 0 Å². The molecule has 1 saturated heterocycles. The highest BCUT2D eigenvalue weighted by molar-refractivity contribution is 6.30. The Morgan fingerprint density at radius 3 is 2.68 bits per heavy atom. The van der Waals surface area contributed by atoms with E-state index in [4.69, 9.17) is 8.83 Å². The van der Waals surface area contributed by atoms with Crippen LogP contribution in [0.1, 0.15) is 27.4 Å². The molecule has 0 atom stereocenters. The lowest BCUT2D eigenvalue weighted by atomic mass is 10.0. The van der Waals surface area contributed by atoms with Gasteiger partial charge in [0.25, 0.3) is 11.8 Å². The van der Waals surface area contributed by atoms with E-state index in [0.717, 1.165) is 10.5 Å². The van der Waals surface area contributed by atoms with Crippen LogP contribution in [0, 0.1) is 6.92 Å². The summed E-state index contributed by atoms with van der Waals surface area (Å²) in [7, 11) is 0. The minimum Gasteiger partial charge on any atom is -0.478 e. The monoisotopic (exact) mass is 420 g/mol. The number of nitrogens with zero attached hydrogens (tertiary/aromatic N) is 1. The summed E-state index contributed by atoms with van der Waals surface area (Å²) < 4.78 is 10.9. The average molecular weight is 420 g/mol.